The van der Waals surface area contributed by atoms with Gasteiger partial charge in [-0.1, -0.05) is 6.92 Å². The molecule has 0 aromatic rings. The molecule has 0 spiro atoms. The van der Waals surface area contributed by atoms with Gasteiger partial charge in [0.2, 0.25) is 0 Å². The minimum atomic E-state index is -1.55. The first-order valence-electron chi connectivity index (χ1n) is 3.02. The Balaban J connectivity index is 3.69. The summed E-state index contributed by atoms with van der Waals surface area (Å²) in [6, 6.07) is 0. The topological polar surface area (TPSA) is 83.6 Å². The van der Waals surface area contributed by atoms with Gasteiger partial charge in [-0.05, 0) is 6.42 Å². The van der Waals surface area contributed by atoms with Crippen LogP contribution in [0.5, 0.6) is 0 Å². The highest BCUT2D eigenvalue weighted by Gasteiger charge is 2.23. The Kier molecular flexibility index (Phi) is 3.90. The average molecular weight is 149 g/mol. The molecule has 5 heteroatoms. The SMILES string of the molecule is CC(CCO)C(O)[N+](=O)[O-]. The molecule has 5 nitrogen and oxygen atoms in total. The van der Waals surface area contributed by atoms with E-state index in [-0.39, 0.29) is 13.0 Å². The lowest BCUT2D eigenvalue weighted by atomic mass is 10.1. The zero-order valence-corrected chi connectivity index (χ0v) is 5.73. The van der Waals surface area contributed by atoms with Gasteiger partial charge in [-0.3, -0.25) is 10.1 Å². The highest BCUT2D eigenvalue weighted by atomic mass is 16.7. The van der Waals surface area contributed by atoms with Crippen molar-refractivity contribution < 1.29 is 15.1 Å². The van der Waals surface area contributed by atoms with Crippen molar-refractivity contribution in [2.45, 2.75) is 19.6 Å². The fourth-order valence-corrected chi connectivity index (χ4v) is 0.560. The number of rotatable bonds is 4. The van der Waals surface area contributed by atoms with E-state index in [1.807, 2.05) is 0 Å². The van der Waals surface area contributed by atoms with Crippen LogP contribution in [0.15, 0.2) is 0 Å². The molecule has 10 heavy (non-hydrogen) atoms. The third-order valence-electron chi connectivity index (χ3n) is 1.31. The summed E-state index contributed by atoms with van der Waals surface area (Å²) >= 11 is 0. The first kappa shape index (κ1) is 9.32. The van der Waals surface area contributed by atoms with Gasteiger partial charge in [-0.25, -0.2) is 0 Å². The lowest BCUT2D eigenvalue weighted by molar-refractivity contribution is -0.580. The van der Waals surface area contributed by atoms with E-state index in [4.69, 9.17) is 10.2 Å². The summed E-state index contributed by atoms with van der Waals surface area (Å²) in [4.78, 5) is 9.13. The maximum atomic E-state index is 9.89. The van der Waals surface area contributed by atoms with Gasteiger partial charge >= 0.3 is 6.23 Å². The molecule has 0 aliphatic heterocycles. The Bertz CT molecular complexity index is 116. The summed E-state index contributed by atoms with van der Waals surface area (Å²) in [5, 5.41) is 26.9. The molecule has 2 atom stereocenters. The summed E-state index contributed by atoms with van der Waals surface area (Å²) in [5.41, 5.74) is 0. The predicted molar refractivity (Wildman–Crippen MR) is 33.9 cm³/mol. The predicted octanol–water partition coefficient (Wildman–Crippen LogP) is -0.400. The van der Waals surface area contributed by atoms with E-state index >= 15 is 0 Å². The summed E-state index contributed by atoms with van der Waals surface area (Å²) in [5.74, 6) is -0.486. The van der Waals surface area contributed by atoms with Crippen molar-refractivity contribution in [1.29, 1.82) is 0 Å². The van der Waals surface area contributed by atoms with Crippen molar-refractivity contribution in [3.63, 3.8) is 0 Å². The minimum Gasteiger partial charge on any atom is -0.396 e. The van der Waals surface area contributed by atoms with Crippen LogP contribution in [0.4, 0.5) is 0 Å². The Hall–Kier alpha value is -0.680. The Morgan fingerprint density at radius 2 is 2.20 bits per heavy atom. The Labute approximate surface area is 58.4 Å². The molecule has 0 saturated carbocycles. The van der Waals surface area contributed by atoms with Crippen molar-refractivity contribution >= 4 is 0 Å². The van der Waals surface area contributed by atoms with Crippen molar-refractivity contribution in [2.24, 2.45) is 5.92 Å². The van der Waals surface area contributed by atoms with Crippen LogP contribution < -0.4 is 0 Å². The zero-order valence-electron chi connectivity index (χ0n) is 5.73. The van der Waals surface area contributed by atoms with Gasteiger partial charge in [0.25, 0.3) is 0 Å². The Morgan fingerprint density at radius 1 is 1.70 bits per heavy atom. The molecule has 0 aliphatic carbocycles. The third kappa shape index (κ3) is 2.75. The molecule has 0 aromatic heterocycles. The van der Waals surface area contributed by atoms with Crippen molar-refractivity contribution in [3.8, 4) is 0 Å². The van der Waals surface area contributed by atoms with Gasteiger partial charge in [0, 0.05) is 6.61 Å². The van der Waals surface area contributed by atoms with Crippen LogP contribution in [0.3, 0.4) is 0 Å². The van der Waals surface area contributed by atoms with Crippen LogP contribution in [0.25, 0.3) is 0 Å². The third-order valence-corrected chi connectivity index (χ3v) is 1.31. The first-order chi connectivity index (χ1) is 4.59. The van der Waals surface area contributed by atoms with E-state index < -0.39 is 17.1 Å². The summed E-state index contributed by atoms with van der Waals surface area (Å²) in [7, 11) is 0. The highest BCUT2D eigenvalue weighted by Crippen LogP contribution is 2.06. The van der Waals surface area contributed by atoms with Gasteiger partial charge < -0.3 is 10.2 Å². The summed E-state index contributed by atoms with van der Waals surface area (Å²) in [6.07, 6.45) is -1.30. The Morgan fingerprint density at radius 3 is 2.50 bits per heavy atom. The largest absolute Gasteiger partial charge is 0.396 e. The molecule has 0 fully saturated rings. The number of nitrogens with zero attached hydrogens (tertiary/aromatic N) is 1. The van der Waals surface area contributed by atoms with Crippen LogP contribution >= 0.6 is 0 Å². The second kappa shape index (κ2) is 4.19. The minimum absolute atomic E-state index is 0.133. The van der Waals surface area contributed by atoms with Crippen molar-refractivity contribution in [2.75, 3.05) is 6.61 Å². The number of aliphatic hydroxyl groups excluding tert-OH is 2. The van der Waals surface area contributed by atoms with Gasteiger partial charge in [-0.2, -0.15) is 0 Å². The maximum Gasteiger partial charge on any atom is 0.315 e. The standard InChI is InChI=1S/C5H11NO4/c1-4(2-3-7)5(8)6(9)10/h4-5,7-8H,2-3H2,1H3. The number of hydrogen-bond donors (Lipinski definition) is 2. The fourth-order valence-electron chi connectivity index (χ4n) is 0.560. The monoisotopic (exact) mass is 149 g/mol. The van der Waals surface area contributed by atoms with Crippen molar-refractivity contribution in [1.82, 2.24) is 0 Å². The highest BCUT2D eigenvalue weighted by molar-refractivity contribution is 4.52. The molecule has 0 saturated heterocycles. The van der Waals surface area contributed by atoms with E-state index in [1.165, 1.54) is 6.92 Å². The van der Waals surface area contributed by atoms with Crippen LogP contribution in [0.1, 0.15) is 13.3 Å². The fraction of sp³-hybridized carbons (Fsp3) is 1.00. The molecule has 0 aromatic carbocycles. The van der Waals surface area contributed by atoms with E-state index in [9.17, 15) is 10.1 Å². The molecule has 0 bridgehead atoms. The van der Waals surface area contributed by atoms with Crippen LogP contribution in [-0.4, -0.2) is 28.0 Å². The normalized spacial score (nSPS) is 16.3. The van der Waals surface area contributed by atoms with Gasteiger partial charge in [0.1, 0.15) is 0 Å². The summed E-state index contributed by atoms with van der Waals surface area (Å²) in [6.45, 7) is 1.38. The molecule has 0 amide bonds. The first-order valence-corrected chi connectivity index (χ1v) is 3.02. The zero-order chi connectivity index (χ0) is 8.15. The molecular formula is C5H11NO4. The second-order valence-electron chi connectivity index (χ2n) is 2.19. The smallest absolute Gasteiger partial charge is 0.315 e. The number of aliphatic hydroxyl groups is 2. The molecular weight excluding hydrogens is 138 g/mol. The molecule has 0 aliphatic rings. The molecule has 2 N–H and O–H groups in total. The second-order valence-corrected chi connectivity index (χ2v) is 2.19. The van der Waals surface area contributed by atoms with Gasteiger partial charge in [-0.15, -0.1) is 0 Å². The summed E-state index contributed by atoms with van der Waals surface area (Å²) < 4.78 is 0. The molecule has 2 unspecified atom stereocenters. The maximum absolute atomic E-state index is 9.89. The van der Waals surface area contributed by atoms with Crippen LogP contribution in [0.2, 0.25) is 0 Å². The number of hydrogen-bond acceptors (Lipinski definition) is 4. The molecule has 0 rings (SSSR count). The molecule has 0 radical (unpaired) electrons. The van der Waals surface area contributed by atoms with E-state index in [1.54, 1.807) is 0 Å². The molecule has 0 heterocycles. The average Bonchev–Trinajstić information content (AvgIpc) is 1.87. The quantitative estimate of drug-likeness (QED) is 0.323. The van der Waals surface area contributed by atoms with Crippen LogP contribution in [-0.2, 0) is 0 Å². The van der Waals surface area contributed by atoms with Crippen molar-refractivity contribution in [3.05, 3.63) is 10.1 Å². The lowest BCUT2D eigenvalue weighted by Gasteiger charge is -2.08. The van der Waals surface area contributed by atoms with Gasteiger partial charge in [0.15, 0.2) is 0 Å². The van der Waals surface area contributed by atoms with Gasteiger partial charge in [0.05, 0.1) is 10.8 Å². The van der Waals surface area contributed by atoms with E-state index in [0.717, 1.165) is 0 Å². The van der Waals surface area contributed by atoms with E-state index in [2.05, 4.69) is 0 Å². The number of nitro groups is 1. The lowest BCUT2D eigenvalue weighted by Crippen LogP contribution is -2.27. The molecule has 60 valence electrons. The van der Waals surface area contributed by atoms with E-state index in [0.29, 0.717) is 0 Å². The van der Waals surface area contributed by atoms with Crippen LogP contribution in [0, 0.1) is 16.0 Å².